The van der Waals surface area contributed by atoms with Gasteiger partial charge < -0.3 is 9.47 Å². The van der Waals surface area contributed by atoms with Gasteiger partial charge in [-0.15, -0.1) is 0 Å². The normalized spacial score (nSPS) is 11.4. The highest BCUT2D eigenvalue weighted by Gasteiger charge is 2.09. The topological polar surface area (TPSA) is 81.7 Å². The van der Waals surface area contributed by atoms with Crippen molar-refractivity contribution in [3.63, 3.8) is 0 Å². The van der Waals surface area contributed by atoms with Crippen LogP contribution in [0.5, 0.6) is 0 Å². The standard InChI is InChI=1S/C9H19NO5S/c1-3-15-9(11)5-4-6-10-16(12,13)8-7-14-2/h10H,3-8H2,1-2H3. The van der Waals surface area contributed by atoms with Gasteiger partial charge in [-0.1, -0.05) is 0 Å². The highest BCUT2D eigenvalue weighted by atomic mass is 32.2. The third kappa shape index (κ3) is 8.63. The van der Waals surface area contributed by atoms with Crippen molar-refractivity contribution in [2.45, 2.75) is 19.8 Å². The van der Waals surface area contributed by atoms with Crippen LogP contribution >= 0.6 is 0 Å². The Kier molecular flexibility index (Phi) is 8.14. The fraction of sp³-hybridized carbons (Fsp3) is 0.889. The van der Waals surface area contributed by atoms with E-state index >= 15 is 0 Å². The minimum absolute atomic E-state index is 0.0666. The van der Waals surface area contributed by atoms with Gasteiger partial charge in [-0.25, -0.2) is 13.1 Å². The number of carbonyl (C=O) groups is 1. The second-order valence-electron chi connectivity index (χ2n) is 3.11. The van der Waals surface area contributed by atoms with Crippen LogP contribution < -0.4 is 4.72 Å². The highest BCUT2D eigenvalue weighted by Crippen LogP contribution is 1.93. The van der Waals surface area contributed by atoms with Crippen LogP contribution in [0.3, 0.4) is 0 Å². The van der Waals surface area contributed by atoms with Gasteiger partial charge in [0.15, 0.2) is 0 Å². The molecule has 0 aromatic rings. The van der Waals surface area contributed by atoms with E-state index in [2.05, 4.69) is 9.46 Å². The molecule has 0 atom stereocenters. The Morgan fingerprint density at radius 2 is 2.06 bits per heavy atom. The van der Waals surface area contributed by atoms with Crippen molar-refractivity contribution in [1.82, 2.24) is 4.72 Å². The van der Waals surface area contributed by atoms with E-state index in [1.807, 2.05) is 0 Å². The molecule has 0 aromatic carbocycles. The van der Waals surface area contributed by atoms with Crippen LogP contribution in [-0.2, 0) is 24.3 Å². The number of sulfonamides is 1. The minimum Gasteiger partial charge on any atom is -0.466 e. The molecule has 16 heavy (non-hydrogen) atoms. The number of hydrogen-bond acceptors (Lipinski definition) is 5. The second-order valence-corrected chi connectivity index (χ2v) is 5.04. The second kappa shape index (κ2) is 8.49. The number of rotatable bonds is 9. The molecular formula is C9H19NO5S. The van der Waals surface area contributed by atoms with E-state index in [0.29, 0.717) is 13.0 Å². The van der Waals surface area contributed by atoms with Crippen LogP contribution in [0, 0.1) is 0 Å². The first-order valence-electron chi connectivity index (χ1n) is 5.13. The van der Waals surface area contributed by atoms with Crippen molar-refractivity contribution in [3.05, 3.63) is 0 Å². The van der Waals surface area contributed by atoms with Crippen molar-refractivity contribution < 1.29 is 22.7 Å². The molecule has 0 aliphatic heterocycles. The van der Waals surface area contributed by atoms with E-state index in [0.717, 1.165) is 0 Å². The zero-order valence-corrected chi connectivity index (χ0v) is 10.5. The smallest absolute Gasteiger partial charge is 0.305 e. The molecule has 0 amide bonds. The Morgan fingerprint density at radius 1 is 1.38 bits per heavy atom. The monoisotopic (exact) mass is 253 g/mol. The maximum atomic E-state index is 11.3. The lowest BCUT2D eigenvalue weighted by Crippen LogP contribution is -2.29. The predicted molar refractivity (Wildman–Crippen MR) is 59.5 cm³/mol. The summed E-state index contributed by atoms with van der Waals surface area (Å²) < 4.78 is 34.2. The molecule has 96 valence electrons. The van der Waals surface area contributed by atoms with E-state index in [9.17, 15) is 13.2 Å². The van der Waals surface area contributed by atoms with E-state index in [1.165, 1.54) is 7.11 Å². The average Bonchev–Trinajstić information content (AvgIpc) is 2.22. The first kappa shape index (κ1) is 15.3. The first-order valence-corrected chi connectivity index (χ1v) is 6.79. The van der Waals surface area contributed by atoms with Crippen LogP contribution in [0.15, 0.2) is 0 Å². The molecule has 0 aliphatic rings. The number of esters is 1. The summed E-state index contributed by atoms with van der Waals surface area (Å²) in [6.45, 7) is 2.47. The van der Waals surface area contributed by atoms with Crippen LogP contribution in [0.4, 0.5) is 0 Å². The summed E-state index contributed by atoms with van der Waals surface area (Å²) in [6.07, 6.45) is 0.658. The molecule has 0 radical (unpaired) electrons. The first-order chi connectivity index (χ1) is 7.52. The van der Waals surface area contributed by atoms with Crippen molar-refractivity contribution in [2.24, 2.45) is 0 Å². The minimum atomic E-state index is -3.28. The van der Waals surface area contributed by atoms with Gasteiger partial charge in [0.2, 0.25) is 10.0 Å². The van der Waals surface area contributed by atoms with E-state index in [4.69, 9.17) is 4.74 Å². The van der Waals surface area contributed by atoms with E-state index < -0.39 is 10.0 Å². The lowest BCUT2D eigenvalue weighted by molar-refractivity contribution is -0.143. The van der Waals surface area contributed by atoms with Gasteiger partial charge >= 0.3 is 5.97 Å². The van der Waals surface area contributed by atoms with Gasteiger partial charge in [-0.3, -0.25) is 4.79 Å². The fourth-order valence-electron chi connectivity index (χ4n) is 0.959. The lowest BCUT2D eigenvalue weighted by atomic mass is 10.3. The molecule has 0 unspecified atom stereocenters. The zero-order chi connectivity index (χ0) is 12.4. The molecule has 0 heterocycles. The van der Waals surface area contributed by atoms with Gasteiger partial charge in [0.25, 0.3) is 0 Å². The van der Waals surface area contributed by atoms with Crippen molar-refractivity contribution in [2.75, 3.05) is 32.6 Å². The summed E-state index contributed by atoms with van der Waals surface area (Å²) in [6, 6.07) is 0. The zero-order valence-electron chi connectivity index (χ0n) is 9.69. The number of ether oxygens (including phenoxy) is 2. The Labute approximate surface area is 96.4 Å². The summed E-state index contributed by atoms with van der Waals surface area (Å²) in [7, 11) is -1.84. The summed E-state index contributed by atoms with van der Waals surface area (Å²) in [5.74, 6) is -0.373. The number of carbonyl (C=O) groups excluding carboxylic acids is 1. The molecule has 7 heteroatoms. The maximum absolute atomic E-state index is 11.3. The fourth-order valence-corrected chi connectivity index (χ4v) is 1.94. The van der Waals surface area contributed by atoms with Gasteiger partial charge in [0.1, 0.15) is 0 Å². The molecule has 0 fully saturated rings. The van der Waals surface area contributed by atoms with Crippen molar-refractivity contribution >= 4 is 16.0 Å². The number of methoxy groups -OCH3 is 1. The molecule has 0 aliphatic carbocycles. The summed E-state index contributed by atoms with van der Waals surface area (Å²) >= 11 is 0. The largest absolute Gasteiger partial charge is 0.466 e. The maximum Gasteiger partial charge on any atom is 0.305 e. The van der Waals surface area contributed by atoms with Gasteiger partial charge in [0.05, 0.1) is 19.0 Å². The Balaban J connectivity index is 3.61. The van der Waals surface area contributed by atoms with Crippen LogP contribution in [-0.4, -0.2) is 47.0 Å². The number of nitrogens with one attached hydrogen (secondary N) is 1. The van der Waals surface area contributed by atoms with E-state index in [1.54, 1.807) is 6.92 Å². The van der Waals surface area contributed by atoms with Gasteiger partial charge in [0, 0.05) is 20.1 Å². The molecule has 0 saturated carbocycles. The van der Waals surface area contributed by atoms with Crippen molar-refractivity contribution in [1.29, 1.82) is 0 Å². The lowest BCUT2D eigenvalue weighted by Gasteiger charge is -2.05. The molecule has 0 spiro atoms. The summed E-state index contributed by atoms with van der Waals surface area (Å²) in [5.41, 5.74) is 0. The van der Waals surface area contributed by atoms with Gasteiger partial charge in [-0.2, -0.15) is 0 Å². The average molecular weight is 253 g/mol. The van der Waals surface area contributed by atoms with Crippen LogP contribution in [0.25, 0.3) is 0 Å². The van der Waals surface area contributed by atoms with Crippen LogP contribution in [0.2, 0.25) is 0 Å². The highest BCUT2D eigenvalue weighted by molar-refractivity contribution is 7.89. The predicted octanol–water partition coefficient (Wildman–Crippen LogP) is -0.104. The van der Waals surface area contributed by atoms with Crippen LogP contribution in [0.1, 0.15) is 19.8 Å². The molecule has 0 aromatic heterocycles. The Bertz CT molecular complexity index is 288. The SMILES string of the molecule is CCOC(=O)CCCNS(=O)(=O)CCOC. The van der Waals surface area contributed by atoms with Crippen molar-refractivity contribution in [3.8, 4) is 0 Å². The molecule has 6 nitrogen and oxygen atoms in total. The van der Waals surface area contributed by atoms with Gasteiger partial charge in [-0.05, 0) is 13.3 Å². The number of hydrogen-bond donors (Lipinski definition) is 1. The van der Waals surface area contributed by atoms with E-state index in [-0.39, 0.29) is 31.3 Å². The molecule has 0 bridgehead atoms. The summed E-state index contributed by atoms with van der Waals surface area (Å²) in [4.78, 5) is 10.9. The Hall–Kier alpha value is -0.660. The molecule has 0 rings (SSSR count). The summed E-state index contributed by atoms with van der Waals surface area (Å²) in [5, 5.41) is 0. The molecule has 1 N–H and O–H groups in total. The Morgan fingerprint density at radius 3 is 2.62 bits per heavy atom. The quantitative estimate of drug-likeness (QED) is 0.458. The third-order valence-electron chi connectivity index (χ3n) is 1.74. The molecular weight excluding hydrogens is 234 g/mol. The third-order valence-corrected chi connectivity index (χ3v) is 3.09. The molecule has 0 saturated heterocycles.